The van der Waals surface area contributed by atoms with Gasteiger partial charge in [-0.3, -0.25) is 4.79 Å². The number of hydrogen-bond acceptors (Lipinski definition) is 5. The molecular weight excluding hydrogens is 308 g/mol. The number of amides is 1. The second-order valence-corrected chi connectivity index (χ2v) is 4.93. The predicted molar refractivity (Wildman–Crippen MR) is 86.7 cm³/mol. The lowest BCUT2D eigenvalue weighted by Gasteiger charge is -2.24. The van der Waals surface area contributed by atoms with Gasteiger partial charge in [0.05, 0.1) is 21.3 Å². The van der Waals surface area contributed by atoms with Crippen LogP contribution in [0.1, 0.15) is 23.2 Å². The van der Waals surface area contributed by atoms with Gasteiger partial charge in [0.1, 0.15) is 0 Å². The molecule has 0 radical (unpaired) electrons. The molecule has 2 rings (SSSR count). The zero-order chi connectivity index (χ0) is 15.2. The van der Waals surface area contributed by atoms with Crippen molar-refractivity contribution < 1.29 is 19.0 Å². The van der Waals surface area contributed by atoms with E-state index >= 15 is 0 Å². The predicted octanol–water partition coefficient (Wildman–Crippen LogP) is 1.62. The van der Waals surface area contributed by atoms with Gasteiger partial charge in [-0.2, -0.15) is 0 Å². The fraction of sp³-hybridized carbons (Fsp3) is 0.533. The molecule has 0 aromatic heterocycles. The average molecular weight is 331 g/mol. The van der Waals surface area contributed by atoms with Crippen LogP contribution in [-0.4, -0.2) is 46.4 Å². The molecule has 0 bridgehead atoms. The molecule has 1 heterocycles. The monoisotopic (exact) mass is 330 g/mol. The number of rotatable bonds is 5. The van der Waals surface area contributed by atoms with Gasteiger partial charge in [-0.15, -0.1) is 12.4 Å². The Balaban J connectivity index is 0.00000242. The molecule has 1 aliphatic rings. The van der Waals surface area contributed by atoms with E-state index in [0.717, 1.165) is 25.9 Å². The van der Waals surface area contributed by atoms with Crippen molar-refractivity contribution in [3.63, 3.8) is 0 Å². The van der Waals surface area contributed by atoms with Gasteiger partial charge < -0.3 is 24.8 Å². The number of halogens is 1. The number of carbonyl (C=O) groups is 1. The summed E-state index contributed by atoms with van der Waals surface area (Å²) in [4.78, 5) is 12.4. The van der Waals surface area contributed by atoms with Crippen molar-refractivity contribution in [3.8, 4) is 17.2 Å². The Morgan fingerprint density at radius 3 is 2.27 bits per heavy atom. The Morgan fingerprint density at radius 2 is 1.82 bits per heavy atom. The zero-order valence-electron chi connectivity index (χ0n) is 13.1. The lowest BCUT2D eigenvalue weighted by Crippen LogP contribution is -2.45. The van der Waals surface area contributed by atoms with Crippen LogP contribution in [0, 0.1) is 0 Å². The summed E-state index contributed by atoms with van der Waals surface area (Å²) in [6.45, 7) is 1.81. The standard InChI is InChI=1S/C15H22N2O4.ClH/c1-19-12-7-10(8-13(20-2)14(12)21-3)15(18)17-11-5-4-6-16-9-11;/h7-8,11,16H,4-6,9H2,1-3H3,(H,17,18);1H/t11-;/m1./s1. The van der Waals surface area contributed by atoms with Crippen LogP contribution >= 0.6 is 12.4 Å². The summed E-state index contributed by atoms with van der Waals surface area (Å²) >= 11 is 0. The molecule has 1 amide bonds. The van der Waals surface area contributed by atoms with Gasteiger partial charge in [-0.1, -0.05) is 0 Å². The number of methoxy groups -OCH3 is 3. The van der Waals surface area contributed by atoms with Crippen LogP contribution in [0.2, 0.25) is 0 Å². The molecule has 1 aromatic carbocycles. The molecule has 2 N–H and O–H groups in total. The minimum Gasteiger partial charge on any atom is -0.493 e. The Kier molecular flexibility index (Phi) is 7.27. The van der Waals surface area contributed by atoms with Crippen LogP contribution in [0.4, 0.5) is 0 Å². The fourth-order valence-corrected chi connectivity index (χ4v) is 2.46. The minimum absolute atomic E-state index is 0. The largest absolute Gasteiger partial charge is 0.493 e. The van der Waals surface area contributed by atoms with E-state index in [0.29, 0.717) is 22.8 Å². The van der Waals surface area contributed by atoms with Crippen molar-refractivity contribution in [2.24, 2.45) is 0 Å². The van der Waals surface area contributed by atoms with Crippen molar-refractivity contribution in [2.45, 2.75) is 18.9 Å². The molecule has 0 aliphatic carbocycles. The Hall–Kier alpha value is -1.66. The van der Waals surface area contributed by atoms with Crippen molar-refractivity contribution >= 4 is 18.3 Å². The topological polar surface area (TPSA) is 68.8 Å². The molecule has 1 saturated heterocycles. The lowest BCUT2D eigenvalue weighted by molar-refractivity contribution is 0.0930. The maximum Gasteiger partial charge on any atom is 0.251 e. The summed E-state index contributed by atoms with van der Waals surface area (Å²) in [5.41, 5.74) is 0.495. The van der Waals surface area contributed by atoms with E-state index in [1.54, 1.807) is 12.1 Å². The van der Waals surface area contributed by atoms with E-state index in [2.05, 4.69) is 10.6 Å². The van der Waals surface area contributed by atoms with Gasteiger partial charge in [0, 0.05) is 18.2 Å². The first-order chi connectivity index (χ1) is 10.2. The smallest absolute Gasteiger partial charge is 0.251 e. The van der Waals surface area contributed by atoms with E-state index in [1.165, 1.54) is 21.3 Å². The molecule has 1 atom stereocenters. The third-order valence-corrected chi connectivity index (χ3v) is 3.56. The molecular formula is C15H23ClN2O4. The first-order valence-corrected chi connectivity index (χ1v) is 7.01. The third kappa shape index (κ3) is 4.18. The van der Waals surface area contributed by atoms with Crippen LogP contribution in [-0.2, 0) is 0 Å². The zero-order valence-corrected chi connectivity index (χ0v) is 13.9. The summed E-state index contributed by atoms with van der Waals surface area (Å²) in [5, 5.41) is 6.29. The highest BCUT2D eigenvalue weighted by Gasteiger charge is 2.20. The van der Waals surface area contributed by atoms with Crippen LogP contribution in [0.3, 0.4) is 0 Å². The number of ether oxygens (including phenoxy) is 3. The SMILES string of the molecule is COc1cc(C(=O)N[C@@H]2CCCNC2)cc(OC)c1OC.Cl. The number of carbonyl (C=O) groups excluding carboxylic acids is 1. The Labute approximate surface area is 136 Å². The Morgan fingerprint density at radius 1 is 1.18 bits per heavy atom. The summed E-state index contributed by atoms with van der Waals surface area (Å²) in [6.07, 6.45) is 2.06. The van der Waals surface area contributed by atoms with Crippen molar-refractivity contribution in [1.82, 2.24) is 10.6 Å². The van der Waals surface area contributed by atoms with Gasteiger partial charge in [0.15, 0.2) is 11.5 Å². The van der Waals surface area contributed by atoms with E-state index in [4.69, 9.17) is 14.2 Å². The maximum absolute atomic E-state index is 12.4. The molecule has 124 valence electrons. The highest BCUT2D eigenvalue weighted by Crippen LogP contribution is 2.38. The molecule has 0 spiro atoms. The fourth-order valence-electron chi connectivity index (χ4n) is 2.46. The van der Waals surface area contributed by atoms with E-state index < -0.39 is 0 Å². The van der Waals surface area contributed by atoms with Crippen LogP contribution < -0.4 is 24.8 Å². The van der Waals surface area contributed by atoms with Gasteiger partial charge in [0.25, 0.3) is 5.91 Å². The van der Waals surface area contributed by atoms with Gasteiger partial charge in [0.2, 0.25) is 5.75 Å². The summed E-state index contributed by atoms with van der Waals surface area (Å²) in [7, 11) is 4.60. The molecule has 22 heavy (non-hydrogen) atoms. The van der Waals surface area contributed by atoms with E-state index in [9.17, 15) is 4.79 Å². The highest BCUT2D eigenvalue weighted by molar-refractivity contribution is 5.95. The quantitative estimate of drug-likeness (QED) is 0.858. The maximum atomic E-state index is 12.4. The number of piperidine rings is 1. The average Bonchev–Trinajstić information content (AvgIpc) is 2.54. The lowest BCUT2D eigenvalue weighted by atomic mass is 10.1. The minimum atomic E-state index is -0.136. The van der Waals surface area contributed by atoms with Gasteiger partial charge >= 0.3 is 0 Å². The Bertz CT molecular complexity index is 479. The summed E-state index contributed by atoms with van der Waals surface area (Å²) < 4.78 is 15.8. The van der Waals surface area contributed by atoms with Crippen LogP contribution in [0.5, 0.6) is 17.2 Å². The number of benzene rings is 1. The van der Waals surface area contributed by atoms with Crippen molar-refractivity contribution in [1.29, 1.82) is 0 Å². The highest BCUT2D eigenvalue weighted by atomic mass is 35.5. The molecule has 6 nitrogen and oxygen atoms in total. The van der Waals surface area contributed by atoms with Crippen molar-refractivity contribution in [2.75, 3.05) is 34.4 Å². The first-order valence-electron chi connectivity index (χ1n) is 7.01. The van der Waals surface area contributed by atoms with Crippen molar-refractivity contribution in [3.05, 3.63) is 17.7 Å². The van der Waals surface area contributed by atoms with Gasteiger partial charge in [-0.25, -0.2) is 0 Å². The molecule has 1 aromatic rings. The van der Waals surface area contributed by atoms with Gasteiger partial charge in [-0.05, 0) is 31.5 Å². The second kappa shape index (κ2) is 8.70. The summed E-state index contributed by atoms with van der Waals surface area (Å²) in [5.74, 6) is 1.30. The van der Waals surface area contributed by atoms with Crippen LogP contribution in [0.25, 0.3) is 0 Å². The molecule has 0 saturated carbocycles. The first kappa shape index (κ1) is 18.4. The van der Waals surface area contributed by atoms with Crippen LogP contribution in [0.15, 0.2) is 12.1 Å². The number of hydrogen-bond donors (Lipinski definition) is 2. The molecule has 0 unspecified atom stereocenters. The van der Waals surface area contributed by atoms with E-state index in [1.807, 2.05) is 0 Å². The third-order valence-electron chi connectivity index (χ3n) is 3.56. The molecule has 1 aliphatic heterocycles. The summed E-state index contributed by atoms with van der Waals surface area (Å²) in [6, 6.07) is 3.48. The number of nitrogens with one attached hydrogen (secondary N) is 2. The second-order valence-electron chi connectivity index (χ2n) is 4.93. The normalized spacial score (nSPS) is 17.1. The molecule has 1 fully saturated rings. The molecule has 7 heteroatoms. The van der Waals surface area contributed by atoms with E-state index in [-0.39, 0.29) is 24.4 Å².